The van der Waals surface area contributed by atoms with Gasteiger partial charge in [0, 0.05) is 12.0 Å². The maximum Gasteiger partial charge on any atom is 0.466 e. The largest absolute Gasteiger partial charge is 0.466 e. The number of carbonyl (C=O) groups is 2. The average molecular weight is 489 g/mol. The molecule has 0 bridgehead atoms. The van der Waals surface area contributed by atoms with E-state index in [4.69, 9.17) is 4.55 Å². The maximum atomic E-state index is 13.5. The number of nitrogens with one attached hydrogen (secondary N) is 1. The molecule has 0 saturated heterocycles. The van der Waals surface area contributed by atoms with E-state index in [0.29, 0.717) is 6.20 Å². The van der Waals surface area contributed by atoms with Crippen LogP contribution in [0.5, 0.6) is 0 Å². The van der Waals surface area contributed by atoms with Gasteiger partial charge in [0.2, 0.25) is 0 Å². The van der Waals surface area contributed by atoms with Gasteiger partial charge < -0.3 is 14.8 Å². The second kappa shape index (κ2) is 9.95. The summed E-state index contributed by atoms with van der Waals surface area (Å²) in [6, 6.07) is 0. The Bertz CT molecular complexity index is 811. The molecule has 1 unspecified atom stereocenters. The highest BCUT2D eigenvalue weighted by molar-refractivity contribution is 7.87. The van der Waals surface area contributed by atoms with Crippen LogP contribution in [0, 0.1) is 0 Å². The molecule has 0 aromatic carbocycles. The van der Waals surface area contributed by atoms with Crippen molar-refractivity contribution in [1.82, 2.24) is 5.32 Å². The summed E-state index contributed by atoms with van der Waals surface area (Å²) in [5, 5.41) is -4.35. The summed E-state index contributed by atoms with van der Waals surface area (Å²) in [5.41, 5.74) is -0.560. The van der Waals surface area contributed by atoms with Gasteiger partial charge in [-0.1, -0.05) is 13.2 Å². The molecule has 0 heterocycles. The van der Waals surface area contributed by atoms with Crippen LogP contribution in [-0.4, -0.2) is 54.6 Å². The maximum absolute atomic E-state index is 13.5. The number of unbranched alkanes of at least 4 members (excludes halogenated alkanes) is 1. The predicted molar refractivity (Wildman–Crippen MR) is 89.3 cm³/mol. The molecule has 31 heavy (non-hydrogen) atoms. The summed E-state index contributed by atoms with van der Waals surface area (Å²) in [6.45, 7) is 5.72. The fraction of sp³-hybridized carbons (Fsp3) is 0.600. The number of carbonyl (C=O) groups excluding carboxylic acids is 2. The van der Waals surface area contributed by atoms with Gasteiger partial charge in [0.05, 0.1) is 6.61 Å². The third kappa shape index (κ3) is 6.64. The molecular formula is C15H18F7NO7S. The van der Waals surface area contributed by atoms with E-state index < -0.39 is 76.6 Å². The third-order valence-electron chi connectivity index (χ3n) is 3.43. The Hall–Kier alpha value is -2.20. The zero-order chi connectivity index (χ0) is 24.9. The van der Waals surface area contributed by atoms with Crippen LogP contribution in [-0.2, 0) is 29.2 Å². The van der Waals surface area contributed by atoms with Crippen LogP contribution in [0.1, 0.15) is 26.2 Å². The monoisotopic (exact) mass is 489 g/mol. The topological polar surface area (TPSA) is 119 Å². The van der Waals surface area contributed by atoms with Crippen LogP contribution in [0.25, 0.3) is 0 Å². The number of esters is 1. The minimum atomic E-state index is -6.48. The predicted octanol–water partition coefficient (Wildman–Crippen LogP) is 2.93. The smallest absolute Gasteiger partial charge is 0.412 e. The minimum Gasteiger partial charge on any atom is -0.412 e. The lowest BCUT2D eigenvalue weighted by molar-refractivity contribution is -0.346. The van der Waals surface area contributed by atoms with E-state index >= 15 is 0 Å². The number of rotatable bonds is 12. The standard InChI is InChI=1S/C15H18F7NO7S/c1-4-23-11(25)13(14(18,19)20,30-10(24)9(2)3)29-8-6-5-7-12(16,17)15(21,22)31(26,27)28/h4H,1-2,5-8H2,3H3,(H,23,25)(H,26,27,28). The molecule has 2 N–H and O–H groups in total. The molecule has 0 aromatic heterocycles. The molecule has 0 rings (SSSR count). The molecule has 0 radical (unpaired) electrons. The quantitative estimate of drug-likeness (QED) is 0.108. The van der Waals surface area contributed by atoms with Gasteiger partial charge in [-0.15, -0.1) is 0 Å². The first-order chi connectivity index (χ1) is 13.8. The van der Waals surface area contributed by atoms with Gasteiger partial charge in [0.25, 0.3) is 0 Å². The Kier molecular flexibility index (Phi) is 9.24. The SMILES string of the molecule is C=CNC(=O)C(OCCCCC(F)(F)C(F)(F)S(=O)(=O)O)(OC(=O)C(=C)C)C(F)(F)F. The van der Waals surface area contributed by atoms with Crippen molar-refractivity contribution in [2.24, 2.45) is 0 Å². The van der Waals surface area contributed by atoms with Crippen LogP contribution in [0.3, 0.4) is 0 Å². The summed E-state index contributed by atoms with van der Waals surface area (Å²) in [6.07, 6.45) is -8.96. The average Bonchev–Trinajstić information content (AvgIpc) is 2.57. The number of ether oxygens (including phenoxy) is 2. The van der Waals surface area contributed by atoms with E-state index in [1.807, 2.05) is 0 Å². The van der Waals surface area contributed by atoms with Crippen molar-refractivity contribution >= 4 is 22.0 Å². The van der Waals surface area contributed by atoms with Crippen molar-refractivity contribution in [3.8, 4) is 0 Å². The molecule has 16 heteroatoms. The zero-order valence-electron chi connectivity index (χ0n) is 15.8. The zero-order valence-corrected chi connectivity index (χ0v) is 16.6. The van der Waals surface area contributed by atoms with Gasteiger partial charge in [-0.05, 0) is 26.0 Å². The number of halogens is 7. The summed E-state index contributed by atoms with van der Waals surface area (Å²) in [4.78, 5) is 23.5. The van der Waals surface area contributed by atoms with Crippen molar-refractivity contribution in [3.63, 3.8) is 0 Å². The normalized spacial score (nSPS) is 15.0. The highest BCUT2D eigenvalue weighted by Crippen LogP contribution is 2.42. The van der Waals surface area contributed by atoms with Crippen molar-refractivity contribution in [2.45, 2.75) is 49.3 Å². The second-order valence-corrected chi connectivity index (χ2v) is 7.43. The molecule has 0 aliphatic heterocycles. The number of amides is 1. The van der Waals surface area contributed by atoms with Gasteiger partial charge in [0.1, 0.15) is 0 Å². The Labute approximate surface area is 171 Å². The Balaban J connectivity index is 5.46. The second-order valence-electron chi connectivity index (χ2n) is 5.96. The Morgan fingerprint density at radius 1 is 1.10 bits per heavy atom. The molecule has 0 fully saturated rings. The molecule has 0 aromatic rings. The summed E-state index contributed by atoms with van der Waals surface area (Å²) in [7, 11) is -6.48. The first-order valence-electron chi connectivity index (χ1n) is 8.01. The lowest BCUT2D eigenvalue weighted by Gasteiger charge is -2.32. The fourth-order valence-corrected chi connectivity index (χ4v) is 2.29. The van der Waals surface area contributed by atoms with Crippen LogP contribution in [0.4, 0.5) is 30.7 Å². The van der Waals surface area contributed by atoms with E-state index in [1.54, 1.807) is 0 Å². The fourth-order valence-electron chi connectivity index (χ4n) is 1.81. The molecule has 180 valence electrons. The number of hydrogen-bond acceptors (Lipinski definition) is 6. The molecule has 1 atom stereocenters. The van der Waals surface area contributed by atoms with E-state index in [9.17, 15) is 48.7 Å². The summed E-state index contributed by atoms with van der Waals surface area (Å²) < 4.78 is 131. The molecule has 0 aliphatic carbocycles. The van der Waals surface area contributed by atoms with Crippen molar-refractivity contribution in [1.29, 1.82) is 0 Å². The Morgan fingerprint density at radius 3 is 2.00 bits per heavy atom. The van der Waals surface area contributed by atoms with Gasteiger partial charge in [-0.3, -0.25) is 9.35 Å². The summed E-state index contributed by atoms with van der Waals surface area (Å²) >= 11 is 0. The van der Waals surface area contributed by atoms with Crippen LogP contribution < -0.4 is 5.32 Å². The van der Waals surface area contributed by atoms with E-state index in [2.05, 4.69) is 22.6 Å². The first kappa shape index (κ1) is 28.8. The summed E-state index contributed by atoms with van der Waals surface area (Å²) in [5.74, 6) is -13.3. The molecule has 0 saturated carbocycles. The lowest BCUT2D eigenvalue weighted by Crippen LogP contribution is -2.61. The Morgan fingerprint density at radius 2 is 1.61 bits per heavy atom. The van der Waals surface area contributed by atoms with E-state index in [0.717, 1.165) is 6.92 Å². The van der Waals surface area contributed by atoms with Crippen molar-refractivity contribution < 1.29 is 62.8 Å². The van der Waals surface area contributed by atoms with Crippen LogP contribution in [0.2, 0.25) is 0 Å². The van der Waals surface area contributed by atoms with Crippen molar-refractivity contribution in [3.05, 3.63) is 24.9 Å². The van der Waals surface area contributed by atoms with E-state index in [-0.39, 0.29) is 0 Å². The van der Waals surface area contributed by atoms with Gasteiger partial charge in [-0.2, -0.15) is 39.2 Å². The van der Waals surface area contributed by atoms with Crippen LogP contribution >= 0.6 is 0 Å². The molecule has 1 amide bonds. The van der Waals surface area contributed by atoms with Gasteiger partial charge in [0.15, 0.2) is 0 Å². The minimum absolute atomic E-state index is 0.499. The van der Waals surface area contributed by atoms with Crippen molar-refractivity contribution in [2.75, 3.05) is 6.61 Å². The molecular weight excluding hydrogens is 471 g/mol. The highest BCUT2D eigenvalue weighted by atomic mass is 32.2. The molecule has 8 nitrogen and oxygen atoms in total. The van der Waals surface area contributed by atoms with E-state index in [1.165, 1.54) is 5.32 Å². The number of hydrogen-bond donors (Lipinski definition) is 2. The molecule has 0 aliphatic rings. The van der Waals surface area contributed by atoms with Crippen LogP contribution in [0.15, 0.2) is 24.9 Å². The van der Waals surface area contributed by atoms with Gasteiger partial charge in [-0.25, -0.2) is 4.79 Å². The molecule has 0 spiro atoms. The highest BCUT2D eigenvalue weighted by Gasteiger charge is 2.67. The number of alkyl halides is 7. The third-order valence-corrected chi connectivity index (χ3v) is 4.38. The van der Waals surface area contributed by atoms with Gasteiger partial charge >= 0.3 is 45.1 Å². The lowest BCUT2D eigenvalue weighted by atomic mass is 10.1. The first-order valence-corrected chi connectivity index (χ1v) is 9.45.